The smallest absolute Gasteiger partial charge is 0.239 e. The summed E-state index contributed by atoms with van der Waals surface area (Å²) in [5.41, 5.74) is 8.65. The van der Waals surface area contributed by atoms with Crippen LogP contribution in [0.2, 0.25) is 5.02 Å². The minimum absolute atomic E-state index is 0.0239. The fourth-order valence-corrected chi connectivity index (χ4v) is 3.93. The number of aromatic nitrogens is 3. The lowest BCUT2D eigenvalue weighted by molar-refractivity contribution is -0.118. The maximum absolute atomic E-state index is 12.7. The van der Waals surface area contributed by atoms with Crippen molar-refractivity contribution in [3.63, 3.8) is 0 Å². The van der Waals surface area contributed by atoms with Gasteiger partial charge >= 0.3 is 0 Å². The van der Waals surface area contributed by atoms with E-state index in [9.17, 15) is 4.79 Å². The number of pyridine rings is 1. The third-order valence-electron chi connectivity index (χ3n) is 5.20. The van der Waals surface area contributed by atoms with Gasteiger partial charge in [0.2, 0.25) is 11.9 Å². The number of likely N-dealkylation sites (tertiary alicyclic amines) is 1. The van der Waals surface area contributed by atoms with Crippen LogP contribution in [-0.2, 0) is 4.79 Å². The summed E-state index contributed by atoms with van der Waals surface area (Å²) in [7, 11) is 0. The first-order valence-electron chi connectivity index (χ1n) is 9.93. The molecule has 1 saturated heterocycles. The molecule has 1 aliphatic heterocycles. The van der Waals surface area contributed by atoms with Gasteiger partial charge in [-0.2, -0.15) is 0 Å². The van der Waals surface area contributed by atoms with Crippen molar-refractivity contribution in [1.82, 2.24) is 19.9 Å². The summed E-state index contributed by atoms with van der Waals surface area (Å²) in [5.74, 6) is 0.672. The Bertz CT molecular complexity index is 1010. The van der Waals surface area contributed by atoms with Gasteiger partial charge in [-0.15, -0.1) is 0 Å². The molecule has 154 valence electrons. The van der Waals surface area contributed by atoms with E-state index in [1.54, 1.807) is 18.5 Å². The lowest BCUT2D eigenvalue weighted by Gasteiger charge is -2.35. The number of nitrogen functional groups attached to an aromatic ring is 1. The maximum Gasteiger partial charge on any atom is 0.239 e. The Labute approximate surface area is 180 Å². The highest BCUT2D eigenvalue weighted by atomic mass is 35.5. The Morgan fingerprint density at radius 2 is 2.00 bits per heavy atom. The number of rotatable bonds is 5. The number of amides is 1. The van der Waals surface area contributed by atoms with Crippen LogP contribution in [0.15, 0.2) is 54.9 Å². The number of nitrogens with two attached hydrogens (primary N) is 1. The molecule has 1 aromatic carbocycles. The average Bonchev–Trinajstić information content (AvgIpc) is 2.75. The van der Waals surface area contributed by atoms with E-state index in [0.717, 1.165) is 42.6 Å². The molecule has 2 aromatic heterocycles. The van der Waals surface area contributed by atoms with Gasteiger partial charge in [-0.25, -0.2) is 15.0 Å². The van der Waals surface area contributed by atoms with Gasteiger partial charge in [-0.05, 0) is 49.2 Å². The minimum Gasteiger partial charge on any atom is -0.368 e. The van der Waals surface area contributed by atoms with Crippen LogP contribution in [0.3, 0.4) is 0 Å². The summed E-state index contributed by atoms with van der Waals surface area (Å²) in [6.45, 7) is 1.06. The molecule has 0 bridgehead atoms. The molecule has 1 amide bonds. The van der Waals surface area contributed by atoms with Crippen LogP contribution < -0.4 is 11.1 Å². The van der Waals surface area contributed by atoms with Crippen LogP contribution in [0.25, 0.3) is 11.1 Å². The molecule has 1 unspecified atom stereocenters. The predicted molar refractivity (Wildman–Crippen MR) is 118 cm³/mol. The van der Waals surface area contributed by atoms with Crippen LogP contribution in [0.5, 0.6) is 0 Å². The van der Waals surface area contributed by atoms with E-state index in [1.165, 1.54) is 0 Å². The Morgan fingerprint density at radius 1 is 1.17 bits per heavy atom. The summed E-state index contributed by atoms with van der Waals surface area (Å²) in [6.07, 6.45) is 6.40. The first-order chi connectivity index (χ1) is 14.6. The second-order valence-corrected chi connectivity index (χ2v) is 7.72. The number of piperidine rings is 1. The normalized spacial score (nSPS) is 16.9. The second-order valence-electron chi connectivity index (χ2n) is 7.28. The van der Waals surface area contributed by atoms with E-state index in [-0.39, 0.29) is 24.4 Å². The summed E-state index contributed by atoms with van der Waals surface area (Å²) < 4.78 is 0. The molecule has 0 radical (unpaired) electrons. The molecule has 3 aromatic rings. The molecule has 4 rings (SSSR count). The first-order valence-corrected chi connectivity index (χ1v) is 10.3. The number of anilines is 2. The third kappa shape index (κ3) is 4.75. The van der Waals surface area contributed by atoms with Crippen LogP contribution in [0, 0.1) is 0 Å². The fourth-order valence-electron chi connectivity index (χ4n) is 3.81. The largest absolute Gasteiger partial charge is 0.368 e. The molecule has 0 aliphatic carbocycles. The topological polar surface area (TPSA) is 97.0 Å². The predicted octanol–water partition coefficient (Wildman–Crippen LogP) is 3.94. The van der Waals surface area contributed by atoms with Crippen LogP contribution >= 0.6 is 11.6 Å². The van der Waals surface area contributed by atoms with Gasteiger partial charge in [0.1, 0.15) is 5.82 Å². The van der Waals surface area contributed by atoms with Crippen LogP contribution in [0.1, 0.15) is 31.0 Å². The van der Waals surface area contributed by atoms with Gasteiger partial charge in [0, 0.05) is 23.0 Å². The van der Waals surface area contributed by atoms with E-state index >= 15 is 0 Å². The molecule has 3 heterocycles. The first kappa shape index (κ1) is 20.3. The van der Waals surface area contributed by atoms with Crippen molar-refractivity contribution < 1.29 is 4.79 Å². The number of hydrogen-bond donors (Lipinski definition) is 2. The van der Waals surface area contributed by atoms with E-state index in [1.807, 2.05) is 36.4 Å². The molecule has 7 nitrogen and oxygen atoms in total. The van der Waals surface area contributed by atoms with E-state index in [0.29, 0.717) is 10.8 Å². The fraction of sp³-hybridized carbons (Fsp3) is 0.273. The summed E-state index contributed by atoms with van der Waals surface area (Å²) >= 11 is 6.05. The third-order valence-corrected chi connectivity index (χ3v) is 5.45. The number of nitrogens with zero attached hydrogens (tertiary/aromatic N) is 4. The highest BCUT2D eigenvalue weighted by Crippen LogP contribution is 2.36. The standard InChI is InChI=1S/C22H23ClN6O/c23-16-9-7-15(8-10-16)17-13-26-22(24)28-21(17)18-5-2-4-12-29(18)14-20(30)27-19-6-1-3-11-25-19/h1,3,6-11,13,18H,2,4-5,12,14H2,(H2,24,26,28)(H,25,27,30). The van der Waals surface area contributed by atoms with Crippen molar-refractivity contribution in [1.29, 1.82) is 0 Å². The minimum atomic E-state index is -0.101. The monoisotopic (exact) mass is 422 g/mol. The van der Waals surface area contributed by atoms with Gasteiger partial charge < -0.3 is 11.1 Å². The Kier molecular flexibility index (Phi) is 6.21. The molecule has 30 heavy (non-hydrogen) atoms. The van der Waals surface area contributed by atoms with Gasteiger partial charge in [0.05, 0.1) is 18.3 Å². The van der Waals surface area contributed by atoms with E-state index in [4.69, 9.17) is 17.3 Å². The molecular weight excluding hydrogens is 400 g/mol. The van der Waals surface area contributed by atoms with Crippen molar-refractivity contribution in [2.24, 2.45) is 0 Å². The molecule has 0 saturated carbocycles. The highest BCUT2D eigenvalue weighted by molar-refractivity contribution is 6.30. The zero-order valence-electron chi connectivity index (χ0n) is 16.5. The maximum atomic E-state index is 12.7. The summed E-state index contributed by atoms with van der Waals surface area (Å²) in [6, 6.07) is 13.0. The zero-order valence-corrected chi connectivity index (χ0v) is 17.2. The molecule has 0 spiro atoms. The van der Waals surface area contributed by atoms with E-state index < -0.39 is 0 Å². The van der Waals surface area contributed by atoms with Gasteiger partial charge in [0.25, 0.3) is 0 Å². The number of halogens is 1. The van der Waals surface area contributed by atoms with Crippen molar-refractivity contribution in [2.45, 2.75) is 25.3 Å². The van der Waals surface area contributed by atoms with Crippen molar-refractivity contribution >= 4 is 29.3 Å². The molecule has 8 heteroatoms. The average molecular weight is 423 g/mol. The highest BCUT2D eigenvalue weighted by Gasteiger charge is 2.29. The SMILES string of the molecule is Nc1ncc(-c2ccc(Cl)cc2)c(C2CCCCN2CC(=O)Nc2ccccn2)n1. The molecule has 1 aliphatic rings. The summed E-state index contributed by atoms with van der Waals surface area (Å²) in [4.78, 5) is 27.8. The zero-order chi connectivity index (χ0) is 20.9. The number of benzene rings is 1. The van der Waals surface area contributed by atoms with Crippen molar-refractivity contribution in [3.05, 3.63) is 65.6 Å². The second kappa shape index (κ2) is 9.19. The summed E-state index contributed by atoms with van der Waals surface area (Å²) in [5, 5.41) is 3.53. The van der Waals surface area contributed by atoms with Crippen LogP contribution in [0.4, 0.5) is 11.8 Å². The number of carbonyl (C=O) groups excluding carboxylic acids is 1. The van der Waals surface area contributed by atoms with Gasteiger partial charge in [0.15, 0.2) is 0 Å². The number of nitrogens with one attached hydrogen (secondary N) is 1. The Morgan fingerprint density at radius 3 is 2.77 bits per heavy atom. The van der Waals surface area contributed by atoms with Crippen molar-refractivity contribution in [2.75, 3.05) is 24.1 Å². The molecule has 3 N–H and O–H groups in total. The molecule has 1 atom stereocenters. The molecular formula is C22H23ClN6O. The Hall–Kier alpha value is -3.03. The number of hydrogen-bond acceptors (Lipinski definition) is 6. The van der Waals surface area contributed by atoms with Crippen molar-refractivity contribution in [3.8, 4) is 11.1 Å². The lowest BCUT2D eigenvalue weighted by Crippen LogP contribution is -2.40. The van der Waals surface area contributed by atoms with Crippen LogP contribution in [-0.4, -0.2) is 38.8 Å². The molecule has 1 fully saturated rings. The quantitative estimate of drug-likeness (QED) is 0.646. The number of carbonyl (C=O) groups is 1. The Balaban J connectivity index is 1.60. The van der Waals surface area contributed by atoms with Gasteiger partial charge in [-0.1, -0.05) is 36.2 Å². The van der Waals surface area contributed by atoms with Gasteiger partial charge in [-0.3, -0.25) is 9.69 Å². The van der Waals surface area contributed by atoms with E-state index in [2.05, 4.69) is 25.2 Å². The lowest BCUT2D eigenvalue weighted by atomic mass is 9.94.